The summed E-state index contributed by atoms with van der Waals surface area (Å²) in [5.41, 5.74) is 1.08. The van der Waals surface area contributed by atoms with Crippen LogP contribution in [0.1, 0.15) is 62.3 Å². The molecule has 34 heavy (non-hydrogen) atoms. The van der Waals surface area contributed by atoms with Crippen molar-refractivity contribution in [2.45, 2.75) is 117 Å². The standard InChI is InChI=1S/C24H47N5O2Si3/c1-22(2,3)32(10,11)29-21-27-19-18(20(28-21)31-34(14,15)24(7,8)9)26-17(16-25-19)30-33(12,13)23(4,5)6/h16H,1-15H3,(H,25,27,28,29). The van der Waals surface area contributed by atoms with Gasteiger partial charge in [-0.2, -0.15) is 9.97 Å². The molecule has 0 saturated carbocycles. The fourth-order valence-corrected chi connectivity index (χ4v) is 5.22. The van der Waals surface area contributed by atoms with Gasteiger partial charge in [-0.25, -0.2) is 9.97 Å². The molecule has 0 aliphatic rings. The Labute approximate surface area is 210 Å². The second-order valence-electron chi connectivity index (χ2n) is 14.0. The first-order chi connectivity index (χ1) is 15.0. The predicted octanol–water partition coefficient (Wildman–Crippen LogP) is 7.60. The molecule has 0 saturated heterocycles. The summed E-state index contributed by atoms with van der Waals surface area (Å²) in [6.07, 6.45) is 1.68. The normalized spacial score (nSPS) is 14.3. The van der Waals surface area contributed by atoms with Gasteiger partial charge in [0, 0.05) is 0 Å². The Hall–Kier alpha value is -1.53. The fraction of sp³-hybridized carbons (Fsp3) is 0.750. The summed E-state index contributed by atoms with van der Waals surface area (Å²) in [5.74, 6) is 1.55. The summed E-state index contributed by atoms with van der Waals surface area (Å²) in [7, 11) is -6.16. The van der Waals surface area contributed by atoms with Gasteiger partial charge in [0.1, 0.15) is 0 Å². The number of anilines is 1. The maximum atomic E-state index is 6.69. The van der Waals surface area contributed by atoms with Gasteiger partial charge in [-0.3, -0.25) is 0 Å². The number of nitrogens with zero attached hydrogens (tertiary/aromatic N) is 4. The smallest absolute Gasteiger partial charge is 0.252 e. The molecule has 0 aromatic carbocycles. The van der Waals surface area contributed by atoms with Crippen LogP contribution in [0.25, 0.3) is 11.2 Å². The van der Waals surface area contributed by atoms with Crippen LogP contribution in [0.2, 0.25) is 54.4 Å². The number of aromatic nitrogens is 4. The minimum Gasteiger partial charge on any atom is -0.530 e. The molecule has 0 radical (unpaired) electrons. The first kappa shape index (κ1) is 28.7. The molecule has 192 valence electrons. The Kier molecular flexibility index (Phi) is 7.47. The molecule has 0 unspecified atom stereocenters. The van der Waals surface area contributed by atoms with Crippen molar-refractivity contribution in [2.24, 2.45) is 0 Å². The minimum atomic E-state index is -2.18. The first-order valence-electron chi connectivity index (χ1n) is 12.2. The first-order valence-corrected chi connectivity index (χ1v) is 21.0. The molecule has 0 atom stereocenters. The Morgan fingerprint density at radius 3 is 1.65 bits per heavy atom. The van der Waals surface area contributed by atoms with Crippen molar-refractivity contribution in [2.75, 3.05) is 4.98 Å². The zero-order chi connectivity index (χ0) is 26.5. The molecular weight excluding hydrogens is 475 g/mol. The summed E-state index contributed by atoms with van der Waals surface area (Å²) in [4.78, 5) is 22.7. The maximum absolute atomic E-state index is 6.69. The van der Waals surface area contributed by atoms with Gasteiger partial charge in [-0.15, -0.1) is 0 Å². The molecule has 10 heteroatoms. The molecule has 2 aromatic heterocycles. The Balaban J connectivity index is 2.66. The Morgan fingerprint density at radius 1 is 0.676 bits per heavy atom. The van der Waals surface area contributed by atoms with Crippen LogP contribution < -0.4 is 13.8 Å². The van der Waals surface area contributed by atoms with Crippen LogP contribution in [0.4, 0.5) is 5.95 Å². The number of rotatable bonds is 6. The highest BCUT2D eigenvalue weighted by Gasteiger charge is 2.42. The van der Waals surface area contributed by atoms with E-state index in [1.54, 1.807) is 6.20 Å². The number of nitrogens with one attached hydrogen (secondary N) is 1. The average Bonchev–Trinajstić information content (AvgIpc) is 2.58. The molecule has 0 bridgehead atoms. The molecule has 0 amide bonds. The van der Waals surface area contributed by atoms with E-state index in [1.807, 2.05) is 0 Å². The van der Waals surface area contributed by atoms with Gasteiger partial charge in [0.2, 0.25) is 17.7 Å². The molecular formula is C24H47N5O2Si3. The summed E-state index contributed by atoms with van der Waals surface area (Å²) in [6, 6.07) is 0. The van der Waals surface area contributed by atoms with Crippen LogP contribution >= 0.6 is 0 Å². The van der Waals surface area contributed by atoms with E-state index in [0.29, 0.717) is 28.9 Å². The molecule has 2 rings (SSSR count). The molecule has 0 fully saturated rings. The van der Waals surface area contributed by atoms with Gasteiger partial charge >= 0.3 is 0 Å². The molecule has 0 aliphatic carbocycles. The highest BCUT2D eigenvalue weighted by atomic mass is 28.4. The van der Waals surface area contributed by atoms with Crippen molar-refractivity contribution in [3.05, 3.63) is 6.20 Å². The van der Waals surface area contributed by atoms with Gasteiger partial charge in [0.25, 0.3) is 16.6 Å². The molecule has 0 spiro atoms. The van der Waals surface area contributed by atoms with Crippen LogP contribution in [0.3, 0.4) is 0 Å². The topological polar surface area (TPSA) is 82.1 Å². The van der Waals surface area contributed by atoms with E-state index in [4.69, 9.17) is 23.8 Å². The van der Waals surface area contributed by atoms with Gasteiger partial charge in [-0.05, 0) is 41.3 Å². The van der Waals surface area contributed by atoms with Crippen molar-refractivity contribution in [3.63, 3.8) is 0 Å². The summed E-state index contributed by atoms with van der Waals surface area (Å²) < 4.78 is 13.1. The van der Waals surface area contributed by atoms with Crippen LogP contribution in [-0.2, 0) is 0 Å². The third-order valence-corrected chi connectivity index (χ3v) is 21.2. The largest absolute Gasteiger partial charge is 0.530 e. The van der Waals surface area contributed by atoms with Crippen LogP contribution in [0, 0.1) is 0 Å². The van der Waals surface area contributed by atoms with Crippen LogP contribution in [0.5, 0.6) is 11.8 Å². The molecule has 2 heterocycles. The van der Waals surface area contributed by atoms with Crippen molar-refractivity contribution >= 4 is 42.0 Å². The SMILES string of the molecule is CC(C)(C)[Si](C)(C)Nc1nc(O[Si](C)(C)C(C)(C)C)c2nc(O[Si](C)(C)C(C)(C)C)cnc2n1. The number of hydrogen-bond donors (Lipinski definition) is 1. The van der Waals surface area contributed by atoms with Gasteiger partial charge < -0.3 is 13.8 Å². The third-order valence-electron chi connectivity index (χ3n) is 7.98. The van der Waals surface area contributed by atoms with E-state index >= 15 is 0 Å². The lowest BCUT2D eigenvalue weighted by atomic mass is 10.2. The molecule has 0 aliphatic heterocycles. The summed E-state index contributed by atoms with van der Waals surface area (Å²) in [5, 5.41) is 0.190. The predicted molar refractivity (Wildman–Crippen MR) is 152 cm³/mol. The van der Waals surface area contributed by atoms with Gasteiger partial charge in [0.05, 0.1) is 6.20 Å². The monoisotopic (exact) mass is 521 g/mol. The average molecular weight is 522 g/mol. The summed E-state index contributed by atoms with van der Waals surface area (Å²) in [6.45, 7) is 33.5. The number of fused-ring (bicyclic) bond motifs is 1. The van der Waals surface area contributed by atoms with E-state index in [1.165, 1.54) is 0 Å². The lowest BCUT2D eigenvalue weighted by molar-refractivity contribution is 0.469. The van der Waals surface area contributed by atoms with E-state index in [2.05, 4.69) is 112 Å². The quantitative estimate of drug-likeness (QED) is 0.392. The second kappa shape index (κ2) is 8.85. The Bertz CT molecular complexity index is 1040. The van der Waals surface area contributed by atoms with E-state index in [9.17, 15) is 0 Å². The third kappa shape index (κ3) is 6.17. The van der Waals surface area contributed by atoms with Crippen molar-refractivity contribution in [3.8, 4) is 11.8 Å². The highest BCUT2D eigenvalue weighted by molar-refractivity contribution is 6.83. The van der Waals surface area contributed by atoms with E-state index in [-0.39, 0.29) is 15.1 Å². The molecule has 2 aromatic rings. The van der Waals surface area contributed by atoms with Gasteiger partial charge in [-0.1, -0.05) is 75.4 Å². The second-order valence-corrected chi connectivity index (χ2v) is 28.4. The maximum Gasteiger partial charge on any atom is 0.252 e. The van der Waals surface area contributed by atoms with Crippen molar-refractivity contribution in [1.82, 2.24) is 19.9 Å². The Morgan fingerprint density at radius 2 is 1.18 bits per heavy atom. The van der Waals surface area contributed by atoms with Crippen LogP contribution in [0.15, 0.2) is 6.20 Å². The molecule has 1 N–H and O–H groups in total. The minimum absolute atomic E-state index is 0.0139. The van der Waals surface area contributed by atoms with Gasteiger partial charge in [0.15, 0.2) is 19.4 Å². The zero-order valence-corrected chi connectivity index (χ0v) is 27.2. The summed E-state index contributed by atoms with van der Waals surface area (Å²) >= 11 is 0. The highest BCUT2D eigenvalue weighted by Crippen LogP contribution is 2.41. The molecule has 7 nitrogen and oxygen atoms in total. The van der Waals surface area contributed by atoms with Crippen LogP contribution in [-0.4, -0.2) is 44.8 Å². The van der Waals surface area contributed by atoms with Crippen molar-refractivity contribution in [1.29, 1.82) is 0 Å². The zero-order valence-electron chi connectivity index (χ0n) is 24.2. The lowest BCUT2D eigenvalue weighted by Crippen LogP contribution is -2.46. The number of hydrogen-bond acceptors (Lipinski definition) is 7. The van der Waals surface area contributed by atoms with Crippen molar-refractivity contribution < 1.29 is 8.85 Å². The van der Waals surface area contributed by atoms with E-state index in [0.717, 1.165) is 0 Å². The lowest BCUT2D eigenvalue weighted by Gasteiger charge is -2.38. The fourth-order valence-electron chi connectivity index (χ4n) is 2.32. The van der Waals surface area contributed by atoms with E-state index < -0.39 is 24.9 Å².